The van der Waals surface area contributed by atoms with Crippen molar-refractivity contribution in [2.45, 2.75) is 77.2 Å². The predicted octanol–water partition coefficient (Wildman–Crippen LogP) is 4.01. The molecule has 0 saturated heterocycles. The summed E-state index contributed by atoms with van der Waals surface area (Å²) < 4.78 is 0. The zero-order valence-corrected chi connectivity index (χ0v) is 14.2. The summed E-state index contributed by atoms with van der Waals surface area (Å²) in [7, 11) is 0. The van der Waals surface area contributed by atoms with Crippen LogP contribution in [0.1, 0.15) is 68.6 Å². The number of aliphatic hydroxyl groups excluding tert-OH is 1. The lowest BCUT2D eigenvalue weighted by Crippen LogP contribution is -2.36. The summed E-state index contributed by atoms with van der Waals surface area (Å²) in [6.45, 7) is 2.38. The third-order valence-electron chi connectivity index (χ3n) is 5.17. The Balaban J connectivity index is 1.80. The van der Waals surface area contributed by atoms with E-state index in [0.717, 1.165) is 19.3 Å². The molecule has 2 heteroatoms. The molecule has 1 aromatic carbocycles. The summed E-state index contributed by atoms with van der Waals surface area (Å²) in [6.07, 6.45) is 12.7. The monoisotopic (exact) mass is 303 g/mol. The van der Waals surface area contributed by atoms with E-state index in [2.05, 4.69) is 25.1 Å². The maximum absolute atomic E-state index is 9.23. The minimum absolute atomic E-state index is 0.0593. The SMILES string of the molecule is CCCCCCCCc1ccc2c(c1)CC[C@H]([C@H](N)CO)C2. The van der Waals surface area contributed by atoms with E-state index in [9.17, 15) is 5.11 Å². The Bertz CT molecular complexity index is 443. The minimum atomic E-state index is -0.0593. The van der Waals surface area contributed by atoms with Crippen LogP contribution in [0.5, 0.6) is 0 Å². The van der Waals surface area contributed by atoms with Gasteiger partial charge in [0.05, 0.1) is 6.61 Å². The van der Waals surface area contributed by atoms with Gasteiger partial charge in [-0.1, -0.05) is 57.2 Å². The maximum atomic E-state index is 9.23. The second-order valence-corrected chi connectivity index (χ2v) is 6.97. The Kier molecular flexibility index (Phi) is 7.41. The van der Waals surface area contributed by atoms with Crippen LogP contribution in [-0.2, 0) is 19.3 Å². The number of rotatable bonds is 9. The fourth-order valence-corrected chi connectivity index (χ4v) is 3.62. The molecule has 0 aromatic heterocycles. The Morgan fingerprint density at radius 2 is 1.91 bits per heavy atom. The van der Waals surface area contributed by atoms with E-state index in [1.54, 1.807) is 0 Å². The van der Waals surface area contributed by atoms with Gasteiger partial charge in [0.2, 0.25) is 0 Å². The molecule has 22 heavy (non-hydrogen) atoms. The first kappa shape index (κ1) is 17.5. The van der Waals surface area contributed by atoms with Crippen molar-refractivity contribution in [2.24, 2.45) is 11.7 Å². The first-order valence-electron chi connectivity index (χ1n) is 9.21. The third-order valence-corrected chi connectivity index (χ3v) is 5.17. The van der Waals surface area contributed by atoms with Crippen molar-refractivity contribution in [2.75, 3.05) is 6.61 Å². The van der Waals surface area contributed by atoms with E-state index in [-0.39, 0.29) is 12.6 Å². The maximum Gasteiger partial charge on any atom is 0.0585 e. The molecular weight excluding hydrogens is 270 g/mol. The van der Waals surface area contributed by atoms with Gasteiger partial charge in [-0.3, -0.25) is 0 Å². The summed E-state index contributed by atoms with van der Waals surface area (Å²) >= 11 is 0. The summed E-state index contributed by atoms with van der Waals surface area (Å²) in [5.74, 6) is 0.446. The van der Waals surface area contributed by atoms with Crippen LogP contribution in [0.15, 0.2) is 18.2 Å². The highest BCUT2D eigenvalue weighted by molar-refractivity contribution is 5.34. The van der Waals surface area contributed by atoms with Gasteiger partial charge in [0.25, 0.3) is 0 Å². The summed E-state index contributed by atoms with van der Waals surface area (Å²) in [5, 5.41) is 9.23. The van der Waals surface area contributed by atoms with Crippen molar-refractivity contribution in [1.29, 1.82) is 0 Å². The van der Waals surface area contributed by atoms with Gasteiger partial charge in [0, 0.05) is 6.04 Å². The van der Waals surface area contributed by atoms with Crippen LogP contribution in [0.25, 0.3) is 0 Å². The number of aliphatic hydroxyl groups is 1. The van der Waals surface area contributed by atoms with Gasteiger partial charge in [0.1, 0.15) is 0 Å². The molecule has 0 bridgehead atoms. The highest BCUT2D eigenvalue weighted by Crippen LogP contribution is 2.28. The molecule has 0 radical (unpaired) electrons. The van der Waals surface area contributed by atoms with E-state index >= 15 is 0 Å². The Morgan fingerprint density at radius 3 is 2.68 bits per heavy atom. The Labute approximate surface area is 136 Å². The third kappa shape index (κ3) is 5.10. The normalized spacial score (nSPS) is 19.0. The first-order valence-corrected chi connectivity index (χ1v) is 9.21. The molecule has 3 N–H and O–H groups in total. The molecule has 124 valence electrons. The molecule has 0 saturated carbocycles. The molecule has 0 aliphatic heterocycles. The fourth-order valence-electron chi connectivity index (χ4n) is 3.62. The van der Waals surface area contributed by atoms with Crippen molar-refractivity contribution in [3.05, 3.63) is 34.9 Å². The van der Waals surface area contributed by atoms with Crippen molar-refractivity contribution in [1.82, 2.24) is 0 Å². The molecule has 1 aromatic rings. The fraction of sp³-hybridized carbons (Fsp3) is 0.700. The standard InChI is InChI=1S/C20H33NO/c1-2-3-4-5-6-7-8-16-9-10-18-14-19(20(21)15-22)12-11-17(18)13-16/h9-10,13,19-20,22H,2-8,11-12,14-15,21H2,1H3/t19-,20+/m0/s1. The minimum Gasteiger partial charge on any atom is -0.395 e. The first-order chi connectivity index (χ1) is 10.7. The quantitative estimate of drug-likeness (QED) is 0.677. The van der Waals surface area contributed by atoms with Crippen LogP contribution in [0, 0.1) is 5.92 Å². The molecule has 1 aliphatic carbocycles. The predicted molar refractivity (Wildman–Crippen MR) is 94.1 cm³/mol. The molecule has 1 aliphatic rings. The van der Waals surface area contributed by atoms with Crippen LogP contribution < -0.4 is 5.73 Å². The van der Waals surface area contributed by atoms with Crippen molar-refractivity contribution in [3.8, 4) is 0 Å². The van der Waals surface area contributed by atoms with Gasteiger partial charge in [-0.15, -0.1) is 0 Å². The Hall–Kier alpha value is -0.860. The summed E-state index contributed by atoms with van der Waals surface area (Å²) in [5.41, 5.74) is 10.5. The molecule has 0 amide bonds. The topological polar surface area (TPSA) is 46.2 Å². The van der Waals surface area contributed by atoms with Crippen molar-refractivity contribution in [3.63, 3.8) is 0 Å². The zero-order valence-electron chi connectivity index (χ0n) is 14.2. The van der Waals surface area contributed by atoms with Gasteiger partial charge in [-0.05, 0) is 54.7 Å². The average molecular weight is 303 g/mol. The highest BCUT2D eigenvalue weighted by Gasteiger charge is 2.23. The van der Waals surface area contributed by atoms with Crippen LogP contribution in [0.2, 0.25) is 0 Å². The zero-order chi connectivity index (χ0) is 15.8. The molecule has 0 spiro atoms. The molecule has 2 atom stereocenters. The van der Waals surface area contributed by atoms with Gasteiger partial charge in [-0.25, -0.2) is 0 Å². The van der Waals surface area contributed by atoms with E-state index in [0.29, 0.717) is 5.92 Å². The van der Waals surface area contributed by atoms with Crippen molar-refractivity contribution >= 4 is 0 Å². The lowest BCUT2D eigenvalue weighted by Gasteiger charge is -2.28. The average Bonchev–Trinajstić information content (AvgIpc) is 2.56. The van der Waals surface area contributed by atoms with Gasteiger partial charge < -0.3 is 10.8 Å². The van der Waals surface area contributed by atoms with Crippen LogP contribution >= 0.6 is 0 Å². The largest absolute Gasteiger partial charge is 0.395 e. The Morgan fingerprint density at radius 1 is 1.14 bits per heavy atom. The lowest BCUT2D eigenvalue weighted by atomic mass is 9.79. The lowest BCUT2D eigenvalue weighted by molar-refractivity contribution is 0.216. The molecule has 0 fully saturated rings. The van der Waals surface area contributed by atoms with E-state index in [1.807, 2.05) is 0 Å². The molecular formula is C20H33NO. The van der Waals surface area contributed by atoms with Crippen LogP contribution in [0.4, 0.5) is 0 Å². The number of unbranched alkanes of at least 4 members (excludes halogenated alkanes) is 5. The second-order valence-electron chi connectivity index (χ2n) is 6.97. The molecule has 2 nitrogen and oxygen atoms in total. The number of hydrogen-bond donors (Lipinski definition) is 2. The number of benzene rings is 1. The van der Waals surface area contributed by atoms with Gasteiger partial charge in [0.15, 0.2) is 0 Å². The van der Waals surface area contributed by atoms with Gasteiger partial charge >= 0.3 is 0 Å². The van der Waals surface area contributed by atoms with Crippen LogP contribution in [0.3, 0.4) is 0 Å². The summed E-state index contributed by atoms with van der Waals surface area (Å²) in [6, 6.07) is 6.97. The number of aryl methyl sites for hydroxylation is 2. The second kappa shape index (κ2) is 9.32. The highest BCUT2D eigenvalue weighted by atomic mass is 16.3. The molecule has 2 rings (SSSR count). The van der Waals surface area contributed by atoms with Crippen molar-refractivity contribution < 1.29 is 5.11 Å². The smallest absolute Gasteiger partial charge is 0.0585 e. The van der Waals surface area contributed by atoms with Gasteiger partial charge in [-0.2, -0.15) is 0 Å². The van der Waals surface area contributed by atoms with Crippen LogP contribution in [-0.4, -0.2) is 17.8 Å². The number of nitrogens with two attached hydrogens (primary N) is 1. The number of fused-ring (bicyclic) bond motifs is 1. The van der Waals surface area contributed by atoms with E-state index in [4.69, 9.17) is 5.73 Å². The number of hydrogen-bond acceptors (Lipinski definition) is 2. The summed E-state index contributed by atoms with van der Waals surface area (Å²) in [4.78, 5) is 0. The molecule has 0 heterocycles. The van der Waals surface area contributed by atoms with E-state index in [1.165, 1.54) is 61.6 Å². The molecule has 0 unspecified atom stereocenters. The van der Waals surface area contributed by atoms with E-state index < -0.39 is 0 Å².